The second-order valence-corrected chi connectivity index (χ2v) is 3.18. The Morgan fingerprint density at radius 1 is 1.54 bits per heavy atom. The zero-order valence-electron chi connectivity index (χ0n) is 6.33. The van der Waals surface area contributed by atoms with Crippen LogP contribution in [0.2, 0.25) is 0 Å². The number of rotatable bonds is 1. The number of oxazole rings is 1. The number of nitrogens with one attached hydrogen (secondary N) is 1. The second kappa shape index (κ2) is 2.97. The van der Waals surface area contributed by atoms with E-state index in [-0.39, 0.29) is 4.84 Å². The summed E-state index contributed by atoms with van der Waals surface area (Å²) >= 11 is 10.1. The summed E-state index contributed by atoms with van der Waals surface area (Å²) in [5.74, 6) is 0. The van der Waals surface area contributed by atoms with Gasteiger partial charge in [-0.15, -0.1) is 0 Å². The van der Waals surface area contributed by atoms with Gasteiger partial charge in [-0.3, -0.25) is 4.79 Å². The molecular formula is C8H4ClNO2S. The van der Waals surface area contributed by atoms with E-state index in [0.717, 1.165) is 0 Å². The number of H-pyrrole nitrogens is 1. The fourth-order valence-corrected chi connectivity index (χ4v) is 1.49. The average molecular weight is 214 g/mol. The van der Waals surface area contributed by atoms with Crippen LogP contribution in [0.25, 0.3) is 11.1 Å². The van der Waals surface area contributed by atoms with Crippen LogP contribution in [0, 0.1) is 4.84 Å². The monoisotopic (exact) mass is 213 g/mol. The van der Waals surface area contributed by atoms with Crippen molar-refractivity contribution in [2.24, 2.45) is 0 Å². The molecule has 2 rings (SSSR count). The first-order chi connectivity index (χ1) is 6.18. The lowest BCUT2D eigenvalue weighted by molar-refractivity contribution is 0.108. The molecule has 0 unspecified atom stereocenters. The third-order valence-electron chi connectivity index (χ3n) is 1.67. The Hall–Kier alpha value is -1.13. The third kappa shape index (κ3) is 1.38. The number of fused-ring (bicyclic) bond motifs is 1. The molecule has 0 atom stereocenters. The molecule has 0 amide bonds. The summed E-state index contributed by atoms with van der Waals surface area (Å²) in [6, 6.07) is 5.01. The molecule has 0 saturated heterocycles. The Morgan fingerprint density at radius 2 is 2.31 bits per heavy atom. The third-order valence-corrected chi connectivity index (χ3v) is 2.06. The number of carbonyl (C=O) groups is 1. The van der Waals surface area contributed by atoms with Crippen molar-refractivity contribution in [2.45, 2.75) is 0 Å². The van der Waals surface area contributed by atoms with E-state index < -0.39 is 5.24 Å². The fraction of sp³-hybridized carbons (Fsp3) is 0. The van der Waals surface area contributed by atoms with Gasteiger partial charge in [-0.05, 0) is 36.0 Å². The quantitative estimate of drug-likeness (QED) is 0.585. The first-order valence-corrected chi connectivity index (χ1v) is 4.29. The molecule has 0 bridgehead atoms. The van der Waals surface area contributed by atoms with E-state index in [1.807, 2.05) is 0 Å². The molecule has 0 radical (unpaired) electrons. The highest BCUT2D eigenvalue weighted by atomic mass is 35.5. The SMILES string of the molecule is O=C(Cl)c1cccc2oc(=S)[nH]c12. The summed E-state index contributed by atoms with van der Waals surface area (Å²) in [4.78, 5) is 13.9. The highest BCUT2D eigenvalue weighted by Crippen LogP contribution is 2.19. The highest BCUT2D eigenvalue weighted by molar-refractivity contribution is 7.71. The van der Waals surface area contributed by atoms with Gasteiger partial charge in [-0.2, -0.15) is 0 Å². The predicted octanol–water partition coefficient (Wildman–Crippen LogP) is 2.87. The molecule has 5 heteroatoms. The molecular weight excluding hydrogens is 210 g/mol. The average Bonchev–Trinajstić information content (AvgIpc) is 2.43. The number of hydrogen-bond donors (Lipinski definition) is 1. The lowest BCUT2D eigenvalue weighted by Crippen LogP contribution is -1.89. The predicted molar refractivity (Wildman–Crippen MR) is 51.6 cm³/mol. The zero-order valence-corrected chi connectivity index (χ0v) is 7.91. The van der Waals surface area contributed by atoms with Crippen LogP contribution in [0.5, 0.6) is 0 Å². The first kappa shape index (κ1) is 8.47. The number of aromatic nitrogens is 1. The van der Waals surface area contributed by atoms with Crippen molar-refractivity contribution >= 4 is 40.2 Å². The van der Waals surface area contributed by atoms with Gasteiger partial charge >= 0.3 is 0 Å². The minimum absolute atomic E-state index is 0.236. The van der Waals surface area contributed by atoms with Gasteiger partial charge in [0.15, 0.2) is 5.58 Å². The van der Waals surface area contributed by atoms with Crippen molar-refractivity contribution in [2.75, 3.05) is 0 Å². The standard InChI is InChI=1S/C8H4ClNO2S/c9-7(11)4-2-1-3-5-6(4)10-8(13)12-5/h1-3H,(H,10,13). The summed E-state index contributed by atoms with van der Waals surface area (Å²) in [5, 5.41) is -0.530. The van der Waals surface area contributed by atoms with Gasteiger partial charge in [0.2, 0.25) is 0 Å². The van der Waals surface area contributed by atoms with Crippen LogP contribution in [0.1, 0.15) is 10.4 Å². The van der Waals surface area contributed by atoms with E-state index in [4.69, 9.17) is 28.2 Å². The summed E-state index contributed by atoms with van der Waals surface area (Å²) < 4.78 is 5.11. The van der Waals surface area contributed by atoms with Crippen LogP contribution in [0.3, 0.4) is 0 Å². The highest BCUT2D eigenvalue weighted by Gasteiger charge is 2.09. The smallest absolute Gasteiger partial charge is 0.266 e. The van der Waals surface area contributed by atoms with Crippen LogP contribution in [-0.2, 0) is 0 Å². The molecule has 66 valence electrons. The molecule has 0 aliphatic heterocycles. The number of halogens is 1. The number of carbonyl (C=O) groups excluding carboxylic acids is 1. The molecule has 0 aliphatic carbocycles. The van der Waals surface area contributed by atoms with Crippen LogP contribution in [0.4, 0.5) is 0 Å². The summed E-state index contributed by atoms with van der Waals surface area (Å²) in [6.45, 7) is 0. The van der Waals surface area contributed by atoms with Gasteiger partial charge in [0, 0.05) is 0 Å². The zero-order chi connectivity index (χ0) is 9.42. The van der Waals surface area contributed by atoms with Crippen LogP contribution < -0.4 is 0 Å². The minimum Gasteiger partial charge on any atom is -0.429 e. The first-order valence-electron chi connectivity index (χ1n) is 3.50. The number of para-hydroxylation sites is 1. The Bertz CT molecular complexity index is 528. The van der Waals surface area contributed by atoms with Crippen molar-refractivity contribution in [3.8, 4) is 0 Å². The Labute approximate surface area is 83.3 Å². The van der Waals surface area contributed by atoms with Crippen molar-refractivity contribution in [1.82, 2.24) is 4.98 Å². The van der Waals surface area contributed by atoms with Crippen molar-refractivity contribution < 1.29 is 9.21 Å². The van der Waals surface area contributed by atoms with E-state index in [1.54, 1.807) is 18.2 Å². The Kier molecular flexibility index (Phi) is 1.94. The lowest BCUT2D eigenvalue weighted by atomic mass is 10.2. The summed E-state index contributed by atoms with van der Waals surface area (Å²) in [5.41, 5.74) is 1.46. The molecule has 1 N–H and O–H groups in total. The van der Waals surface area contributed by atoms with E-state index in [0.29, 0.717) is 16.7 Å². The fourth-order valence-electron chi connectivity index (χ4n) is 1.14. The van der Waals surface area contributed by atoms with Gasteiger partial charge in [-0.25, -0.2) is 0 Å². The maximum absolute atomic E-state index is 10.9. The molecule has 13 heavy (non-hydrogen) atoms. The number of hydrogen-bond acceptors (Lipinski definition) is 3. The maximum atomic E-state index is 10.9. The summed E-state index contributed by atoms with van der Waals surface area (Å²) in [6.07, 6.45) is 0. The van der Waals surface area contributed by atoms with Crippen LogP contribution in [-0.4, -0.2) is 10.2 Å². The van der Waals surface area contributed by atoms with E-state index in [9.17, 15) is 4.79 Å². The topological polar surface area (TPSA) is 46.0 Å². The molecule has 1 heterocycles. The van der Waals surface area contributed by atoms with E-state index in [2.05, 4.69) is 4.98 Å². The largest absolute Gasteiger partial charge is 0.429 e. The molecule has 1 aromatic heterocycles. The van der Waals surface area contributed by atoms with Gasteiger partial charge in [0.25, 0.3) is 10.1 Å². The molecule has 0 fully saturated rings. The van der Waals surface area contributed by atoms with E-state index in [1.165, 1.54) is 0 Å². The Morgan fingerprint density at radius 3 is 3.00 bits per heavy atom. The molecule has 0 spiro atoms. The normalized spacial score (nSPS) is 10.5. The maximum Gasteiger partial charge on any atom is 0.266 e. The van der Waals surface area contributed by atoms with Gasteiger partial charge in [0.05, 0.1) is 11.1 Å². The molecule has 2 aromatic rings. The van der Waals surface area contributed by atoms with Crippen molar-refractivity contribution in [1.29, 1.82) is 0 Å². The summed E-state index contributed by atoms with van der Waals surface area (Å²) in [7, 11) is 0. The number of aromatic amines is 1. The molecule has 0 saturated carbocycles. The van der Waals surface area contributed by atoms with Gasteiger partial charge in [0.1, 0.15) is 0 Å². The minimum atomic E-state index is -0.530. The van der Waals surface area contributed by atoms with E-state index >= 15 is 0 Å². The van der Waals surface area contributed by atoms with Crippen LogP contribution >= 0.6 is 23.8 Å². The molecule has 1 aromatic carbocycles. The van der Waals surface area contributed by atoms with Gasteiger partial charge < -0.3 is 9.40 Å². The van der Waals surface area contributed by atoms with Gasteiger partial charge in [-0.1, -0.05) is 6.07 Å². The Balaban J connectivity index is 2.90. The second-order valence-electron chi connectivity index (χ2n) is 2.47. The van der Waals surface area contributed by atoms with Crippen molar-refractivity contribution in [3.63, 3.8) is 0 Å². The molecule has 3 nitrogen and oxygen atoms in total. The molecule has 0 aliphatic rings. The number of benzene rings is 1. The van der Waals surface area contributed by atoms with Crippen LogP contribution in [0.15, 0.2) is 22.6 Å². The van der Waals surface area contributed by atoms with Crippen molar-refractivity contribution in [3.05, 3.63) is 28.6 Å². The lowest BCUT2D eigenvalue weighted by Gasteiger charge is -1.92.